The van der Waals surface area contributed by atoms with E-state index in [2.05, 4.69) is 0 Å². The van der Waals surface area contributed by atoms with Gasteiger partial charge in [-0.3, -0.25) is 9.59 Å². The fourth-order valence-corrected chi connectivity index (χ4v) is 3.36. The highest BCUT2D eigenvalue weighted by Gasteiger charge is 2.68. The molecule has 0 spiro atoms. The first-order chi connectivity index (χ1) is 6.61. The molecule has 0 amide bonds. The van der Waals surface area contributed by atoms with Crippen LogP contribution in [0, 0.1) is 23.7 Å². The maximum atomic E-state index is 11.4. The molecule has 5 heteroatoms. The average Bonchev–Trinajstić information content (AvgIpc) is 2.67. The molecule has 1 heterocycles. The van der Waals surface area contributed by atoms with Crippen LogP contribution in [-0.2, 0) is 14.3 Å². The monoisotopic (exact) mass is 198 g/mol. The molecule has 1 saturated heterocycles. The number of hydrogen-bond donors (Lipinski definition) is 2. The van der Waals surface area contributed by atoms with Gasteiger partial charge in [0.05, 0.1) is 17.9 Å². The fraction of sp³-hybridized carbons (Fsp3) is 0.778. The summed E-state index contributed by atoms with van der Waals surface area (Å²) in [5.41, 5.74) is 0. The molecule has 2 aliphatic carbocycles. The van der Waals surface area contributed by atoms with E-state index in [0.717, 1.165) is 0 Å². The highest BCUT2D eigenvalue weighted by Crippen LogP contribution is 2.57. The summed E-state index contributed by atoms with van der Waals surface area (Å²) >= 11 is 0. The van der Waals surface area contributed by atoms with Crippen LogP contribution in [-0.4, -0.2) is 34.4 Å². The van der Waals surface area contributed by atoms with Gasteiger partial charge in [-0.1, -0.05) is 0 Å². The van der Waals surface area contributed by atoms with Gasteiger partial charge >= 0.3 is 11.9 Å². The topological polar surface area (TPSA) is 83.8 Å². The largest absolute Gasteiger partial charge is 0.481 e. The lowest BCUT2D eigenvalue weighted by Gasteiger charge is -2.25. The number of carboxylic acids is 1. The third kappa shape index (κ3) is 0.706. The van der Waals surface area contributed by atoms with Crippen LogP contribution in [0.2, 0.25) is 0 Å². The Kier molecular flexibility index (Phi) is 1.34. The summed E-state index contributed by atoms with van der Waals surface area (Å²) in [5, 5.41) is 18.7. The number of hydrogen-bond acceptors (Lipinski definition) is 4. The molecule has 1 aliphatic heterocycles. The van der Waals surface area contributed by atoms with Gasteiger partial charge in [-0.2, -0.15) is 0 Å². The number of rotatable bonds is 1. The van der Waals surface area contributed by atoms with E-state index in [1.807, 2.05) is 0 Å². The SMILES string of the molecule is O=C(O)[C@@H]1[C@H]2C[C@H]3[C@H](OC(=O)[C@H]31)[C@@H]2O. The van der Waals surface area contributed by atoms with Crippen molar-refractivity contribution in [1.82, 2.24) is 0 Å². The van der Waals surface area contributed by atoms with Crippen LogP contribution in [0.5, 0.6) is 0 Å². The van der Waals surface area contributed by atoms with Gasteiger partial charge in [-0.15, -0.1) is 0 Å². The average molecular weight is 198 g/mol. The van der Waals surface area contributed by atoms with Crippen molar-refractivity contribution in [2.24, 2.45) is 23.7 Å². The molecule has 5 nitrogen and oxygen atoms in total. The Labute approximate surface area is 79.7 Å². The maximum Gasteiger partial charge on any atom is 0.310 e. The molecule has 3 fully saturated rings. The van der Waals surface area contributed by atoms with E-state index in [1.54, 1.807) is 0 Å². The van der Waals surface area contributed by atoms with Crippen LogP contribution >= 0.6 is 0 Å². The first kappa shape index (κ1) is 8.23. The zero-order chi connectivity index (χ0) is 10.0. The highest BCUT2D eigenvalue weighted by molar-refractivity contribution is 5.85. The molecule has 0 aromatic heterocycles. The Morgan fingerprint density at radius 3 is 2.79 bits per heavy atom. The normalized spacial score (nSPS) is 53.6. The lowest BCUT2D eigenvalue weighted by atomic mass is 9.79. The van der Waals surface area contributed by atoms with Gasteiger partial charge in [-0.25, -0.2) is 0 Å². The number of aliphatic hydroxyl groups is 1. The molecule has 14 heavy (non-hydrogen) atoms. The zero-order valence-electron chi connectivity index (χ0n) is 7.29. The lowest BCUT2D eigenvalue weighted by Crippen LogP contribution is -2.40. The van der Waals surface area contributed by atoms with E-state index in [4.69, 9.17) is 9.84 Å². The van der Waals surface area contributed by atoms with E-state index < -0.39 is 36.0 Å². The number of fused-ring (bicyclic) bond motifs is 1. The van der Waals surface area contributed by atoms with Gasteiger partial charge < -0.3 is 14.9 Å². The van der Waals surface area contributed by atoms with Gasteiger partial charge in [0.25, 0.3) is 0 Å². The summed E-state index contributed by atoms with van der Waals surface area (Å²) in [6.45, 7) is 0. The number of esters is 1. The molecule has 0 aromatic carbocycles. The zero-order valence-corrected chi connectivity index (χ0v) is 7.29. The Morgan fingerprint density at radius 2 is 2.14 bits per heavy atom. The van der Waals surface area contributed by atoms with Gasteiger partial charge in [-0.05, 0) is 6.42 Å². The van der Waals surface area contributed by atoms with E-state index >= 15 is 0 Å². The Bertz CT molecular complexity index is 325. The van der Waals surface area contributed by atoms with Gasteiger partial charge in [0, 0.05) is 11.8 Å². The standard InChI is InChI=1S/C9H10O5/c10-6-2-1-3-5(4(2)8(11)12)9(13)14-7(3)6/h2-7,10H,1H2,(H,11,12)/t2-,3-,4-,5-,6-,7+/m1/s1. The first-order valence-corrected chi connectivity index (χ1v) is 4.72. The number of carbonyl (C=O) groups is 2. The Hall–Kier alpha value is -1.10. The number of carbonyl (C=O) groups excluding carboxylic acids is 1. The smallest absolute Gasteiger partial charge is 0.310 e. The second-order valence-electron chi connectivity index (χ2n) is 4.35. The van der Waals surface area contributed by atoms with E-state index in [1.165, 1.54) is 0 Å². The second-order valence-corrected chi connectivity index (χ2v) is 4.35. The van der Waals surface area contributed by atoms with Crippen molar-refractivity contribution in [3.8, 4) is 0 Å². The Balaban J connectivity index is 2.04. The van der Waals surface area contributed by atoms with Crippen molar-refractivity contribution in [2.45, 2.75) is 18.6 Å². The summed E-state index contributed by atoms with van der Waals surface area (Å²) in [6, 6.07) is 0. The number of aliphatic hydroxyl groups excluding tert-OH is 1. The maximum absolute atomic E-state index is 11.4. The van der Waals surface area contributed by atoms with E-state index in [-0.39, 0.29) is 11.8 Å². The molecule has 3 aliphatic rings. The molecular weight excluding hydrogens is 188 g/mol. The predicted molar refractivity (Wildman–Crippen MR) is 42.1 cm³/mol. The highest BCUT2D eigenvalue weighted by atomic mass is 16.6. The fourth-order valence-electron chi connectivity index (χ4n) is 3.36. The molecule has 0 unspecified atom stereocenters. The van der Waals surface area contributed by atoms with E-state index in [0.29, 0.717) is 6.42 Å². The van der Waals surface area contributed by atoms with Crippen LogP contribution in [0.25, 0.3) is 0 Å². The van der Waals surface area contributed by atoms with Crippen LogP contribution in [0.3, 0.4) is 0 Å². The molecule has 76 valence electrons. The van der Waals surface area contributed by atoms with Crippen LogP contribution in [0.1, 0.15) is 6.42 Å². The predicted octanol–water partition coefficient (Wildman–Crippen LogP) is -0.761. The van der Waals surface area contributed by atoms with Gasteiger partial charge in [0.15, 0.2) is 0 Å². The Morgan fingerprint density at radius 1 is 1.43 bits per heavy atom. The minimum Gasteiger partial charge on any atom is -0.481 e. The minimum absolute atomic E-state index is 0.0661. The van der Waals surface area contributed by atoms with E-state index in [9.17, 15) is 14.7 Å². The van der Waals surface area contributed by atoms with Crippen molar-refractivity contribution < 1.29 is 24.5 Å². The van der Waals surface area contributed by atoms with Crippen molar-refractivity contribution in [3.05, 3.63) is 0 Å². The van der Waals surface area contributed by atoms with Crippen molar-refractivity contribution in [2.75, 3.05) is 0 Å². The first-order valence-electron chi connectivity index (χ1n) is 4.72. The summed E-state index contributed by atoms with van der Waals surface area (Å²) in [5.74, 6) is -3.03. The van der Waals surface area contributed by atoms with Gasteiger partial charge in [0.2, 0.25) is 0 Å². The second kappa shape index (κ2) is 2.28. The molecule has 0 radical (unpaired) electrons. The number of ether oxygens (including phenoxy) is 1. The summed E-state index contributed by atoms with van der Waals surface area (Å²) in [6.07, 6.45) is -0.601. The molecule has 2 N–H and O–H groups in total. The van der Waals surface area contributed by atoms with Crippen LogP contribution in [0.4, 0.5) is 0 Å². The van der Waals surface area contributed by atoms with Crippen molar-refractivity contribution in [1.29, 1.82) is 0 Å². The molecule has 2 bridgehead atoms. The van der Waals surface area contributed by atoms with Crippen LogP contribution in [0.15, 0.2) is 0 Å². The number of carboxylic acid groups (broad SMARTS) is 1. The third-order valence-corrected chi connectivity index (χ3v) is 3.86. The molecule has 0 aromatic rings. The minimum atomic E-state index is -0.987. The van der Waals surface area contributed by atoms with Crippen molar-refractivity contribution in [3.63, 3.8) is 0 Å². The van der Waals surface area contributed by atoms with Crippen LogP contribution < -0.4 is 0 Å². The lowest BCUT2D eigenvalue weighted by molar-refractivity contribution is -0.151. The molecule has 3 rings (SSSR count). The quantitative estimate of drug-likeness (QED) is 0.541. The molecular formula is C9H10O5. The number of aliphatic carboxylic acids is 1. The van der Waals surface area contributed by atoms with Crippen molar-refractivity contribution >= 4 is 11.9 Å². The summed E-state index contributed by atoms with van der Waals surface area (Å²) < 4.78 is 4.98. The molecule has 6 atom stereocenters. The van der Waals surface area contributed by atoms with Gasteiger partial charge in [0.1, 0.15) is 6.10 Å². The molecule has 2 saturated carbocycles. The summed E-state index contributed by atoms with van der Waals surface area (Å²) in [7, 11) is 0. The third-order valence-electron chi connectivity index (χ3n) is 3.86. The summed E-state index contributed by atoms with van der Waals surface area (Å²) in [4.78, 5) is 22.3.